The second-order valence-electron chi connectivity index (χ2n) is 6.29. The van der Waals surface area contributed by atoms with Gasteiger partial charge in [0.1, 0.15) is 0 Å². The van der Waals surface area contributed by atoms with Gasteiger partial charge in [-0.1, -0.05) is 20.4 Å². The Hall–Kier alpha value is -2.21. The van der Waals surface area contributed by atoms with Crippen LogP contribution < -0.4 is 10.6 Å². The standard InChI is InChI=1S/C17H20N4OS.C2H6/c1-5-23-9-10(2)8-21-14-7-13-12(19-16(18)20-13)6-11(14)17(3,4)15(21)22;1-2/h5-7,9H,1,8H2,2-4H3,(H3,18,19,20);1-2H3/b10-9+;. The molecule has 5 nitrogen and oxygen atoms in total. The van der Waals surface area contributed by atoms with E-state index in [1.54, 1.807) is 5.41 Å². The third-order valence-corrected chi connectivity index (χ3v) is 4.87. The molecule has 6 heteroatoms. The first-order chi connectivity index (χ1) is 11.8. The average Bonchev–Trinajstić information content (AvgIpc) is 3.03. The zero-order valence-electron chi connectivity index (χ0n) is 15.5. The molecule has 134 valence electrons. The van der Waals surface area contributed by atoms with Gasteiger partial charge in [0.2, 0.25) is 5.91 Å². The number of H-pyrrole nitrogens is 1. The Morgan fingerprint density at radius 3 is 2.76 bits per heavy atom. The lowest BCUT2D eigenvalue weighted by Gasteiger charge is -2.20. The molecule has 2 aromatic rings. The van der Waals surface area contributed by atoms with E-state index in [0.29, 0.717) is 12.5 Å². The minimum atomic E-state index is -0.560. The van der Waals surface area contributed by atoms with Crippen molar-refractivity contribution in [1.82, 2.24) is 9.97 Å². The molecule has 3 rings (SSSR count). The number of nitrogens with two attached hydrogens (primary N) is 1. The first kappa shape index (κ1) is 19.1. The Balaban J connectivity index is 0.00000109. The summed E-state index contributed by atoms with van der Waals surface area (Å²) in [6.45, 7) is 14.2. The number of carbonyl (C=O) groups excluding carboxylic acids is 1. The predicted molar refractivity (Wildman–Crippen MR) is 109 cm³/mol. The van der Waals surface area contributed by atoms with Crippen molar-refractivity contribution in [2.24, 2.45) is 0 Å². The van der Waals surface area contributed by atoms with Crippen molar-refractivity contribution in [2.45, 2.75) is 40.0 Å². The van der Waals surface area contributed by atoms with E-state index in [9.17, 15) is 4.79 Å². The Bertz CT molecular complexity index is 835. The quantitative estimate of drug-likeness (QED) is 0.839. The van der Waals surface area contributed by atoms with Crippen LogP contribution in [0.2, 0.25) is 0 Å². The fourth-order valence-corrected chi connectivity index (χ4v) is 3.36. The van der Waals surface area contributed by atoms with E-state index in [-0.39, 0.29) is 5.91 Å². The molecule has 3 N–H and O–H groups in total. The van der Waals surface area contributed by atoms with Gasteiger partial charge in [-0.15, -0.1) is 11.8 Å². The van der Waals surface area contributed by atoms with E-state index < -0.39 is 5.41 Å². The summed E-state index contributed by atoms with van der Waals surface area (Å²) in [5.41, 5.74) is 9.84. The number of nitrogen functional groups attached to an aromatic ring is 1. The SMILES string of the molecule is C=CS/C=C(\C)CN1C(=O)C(C)(C)c2cc3[nH]c(N)nc3cc21.CC. The molecule has 0 unspecified atom stereocenters. The van der Waals surface area contributed by atoms with Gasteiger partial charge in [0.25, 0.3) is 0 Å². The summed E-state index contributed by atoms with van der Waals surface area (Å²) in [7, 11) is 0. The Kier molecular flexibility index (Phi) is 5.62. The number of fused-ring (bicyclic) bond motifs is 2. The second-order valence-corrected chi connectivity index (χ2v) is 7.13. The monoisotopic (exact) mass is 358 g/mol. The fraction of sp³-hybridized carbons (Fsp3) is 0.368. The molecule has 0 saturated heterocycles. The number of benzene rings is 1. The number of thioether (sulfide) groups is 1. The lowest BCUT2D eigenvalue weighted by Crippen LogP contribution is -2.37. The van der Waals surface area contributed by atoms with Gasteiger partial charge in [0.05, 0.1) is 22.1 Å². The molecule has 0 aliphatic carbocycles. The van der Waals surface area contributed by atoms with Gasteiger partial charge >= 0.3 is 0 Å². The molecule has 0 fully saturated rings. The molecule has 1 amide bonds. The lowest BCUT2D eigenvalue weighted by atomic mass is 9.86. The molecule has 0 spiro atoms. The molecule has 0 bridgehead atoms. The maximum atomic E-state index is 12.9. The van der Waals surface area contributed by atoms with Crippen molar-refractivity contribution >= 4 is 40.3 Å². The van der Waals surface area contributed by atoms with Crippen LogP contribution in [-0.4, -0.2) is 22.4 Å². The zero-order valence-corrected chi connectivity index (χ0v) is 16.3. The second kappa shape index (κ2) is 7.35. The number of carbonyl (C=O) groups is 1. The molecule has 1 aliphatic heterocycles. The Morgan fingerprint density at radius 2 is 2.12 bits per heavy atom. The summed E-state index contributed by atoms with van der Waals surface area (Å²) in [6.07, 6.45) is 0. The third-order valence-electron chi connectivity index (χ3n) is 4.13. The van der Waals surface area contributed by atoms with Crippen LogP contribution in [-0.2, 0) is 10.2 Å². The highest BCUT2D eigenvalue weighted by molar-refractivity contribution is 8.04. The van der Waals surface area contributed by atoms with Crippen LogP contribution in [0.25, 0.3) is 11.0 Å². The van der Waals surface area contributed by atoms with E-state index in [2.05, 4.69) is 16.5 Å². The first-order valence-corrected chi connectivity index (χ1v) is 9.32. The van der Waals surface area contributed by atoms with Crippen LogP contribution >= 0.6 is 11.8 Å². The summed E-state index contributed by atoms with van der Waals surface area (Å²) in [6, 6.07) is 3.93. The highest BCUT2D eigenvalue weighted by Crippen LogP contribution is 2.43. The normalized spacial score (nSPS) is 15.8. The number of hydrogen-bond donors (Lipinski definition) is 2. The molecular weight excluding hydrogens is 332 g/mol. The van der Waals surface area contributed by atoms with Crippen molar-refractivity contribution in [2.75, 3.05) is 17.2 Å². The maximum absolute atomic E-state index is 12.9. The van der Waals surface area contributed by atoms with E-state index in [1.165, 1.54) is 11.8 Å². The van der Waals surface area contributed by atoms with Gasteiger partial charge in [-0.2, -0.15) is 0 Å². The van der Waals surface area contributed by atoms with Crippen LogP contribution in [0.5, 0.6) is 0 Å². The topological polar surface area (TPSA) is 75.0 Å². The number of rotatable bonds is 4. The number of aromatic amines is 1. The number of nitrogens with zero attached hydrogens (tertiary/aromatic N) is 2. The number of amides is 1. The van der Waals surface area contributed by atoms with E-state index in [1.807, 2.05) is 57.1 Å². The summed E-state index contributed by atoms with van der Waals surface area (Å²) >= 11 is 1.52. The molecule has 1 aromatic heterocycles. The molecule has 0 saturated carbocycles. The number of hydrogen-bond acceptors (Lipinski definition) is 4. The molecular formula is C19H26N4OS. The Morgan fingerprint density at radius 1 is 1.44 bits per heavy atom. The third kappa shape index (κ3) is 3.44. The first-order valence-electron chi connectivity index (χ1n) is 8.38. The van der Waals surface area contributed by atoms with Crippen LogP contribution in [0.4, 0.5) is 11.6 Å². The molecule has 1 aliphatic rings. The molecule has 1 aromatic carbocycles. The van der Waals surface area contributed by atoms with Crippen molar-refractivity contribution in [1.29, 1.82) is 0 Å². The zero-order chi connectivity index (χ0) is 18.8. The van der Waals surface area contributed by atoms with Gasteiger partial charge in [0.15, 0.2) is 5.95 Å². The lowest BCUT2D eigenvalue weighted by molar-refractivity contribution is -0.122. The number of nitrogens with one attached hydrogen (secondary N) is 1. The van der Waals surface area contributed by atoms with Crippen molar-refractivity contribution in [3.63, 3.8) is 0 Å². The van der Waals surface area contributed by atoms with Gasteiger partial charge in [0, 0.05) is 6.54 Å². The van der Waals surface area contributed by atoms with E-state index >= 15 is 0 Å². The van der Waals surface area contributed by atoms with E-state index in [4.69, 9.17) is 5.73 Å². The van der Waals surface area contributed by atoms with Crippen molar-refractivity contribution < 1.29 is 4.79 Å². The van der Waals surface area contributed by atoms with Crippen molar-refractivity contribution in [3.8, 4) is 0 Å². The maximum Gasteiger partial charge on any atom is 0.237 e. The molecule has 25 heavy (non-hydrogen) atoms. The number of aromatic nitrogens is 2. The average molecular weight is 359 g/mol. The smallest absolute Gasteiger partial charge is 0.237 e. The molecule has 2 heterocycles. The van der Waals surface area contributed by atoms with Crippen LogP contribution in [0, 0.1) is 0 Å². The van der Waals surface area contributed by atoms with Gasteiger partial charge in [-0.05, 0) is 54.9 Å². The number of anilines is 2. The highest BCUT2D eigenvalue weighted by atomic mass is 32.2. The summed E-state index contributed by atoms with van der Waals surface area (Å²) in [5.74, 6) is 0.488. The van der Waals surface area contributed by atoms with Crippen LogP contribution in [0.15, 0.2) is 35.1 Å². The summed E-state index contributed by atoms with van der Waals surface area (Å²) < 4.78 is 0. The minimum Gasteiger partial charge on any atom is -0.369 e. The van der Waals surface area contributed by atoms with Crippen LogP contribution in [0.1, 0.15) is 40.2 Å². The van der Waals surface area contributed by atoms with Crippen LogP contribution in [0.3, 0.4) is 0 Å². The predicted octanol–water partition coefficient (Wildman–Crippen LogP) is 4.58. The van der Waals surface area contributed by atoms with E-state index in [0.717, 1.165) is 27.9 Å². The number of imidazole rings is 1. The molecule has 0 atom stereocenters. The minimum absolute atomic E-state index is 0.101. The van der Waals surface area contributed by atoms with Gasteiger partial charge in [-0.25, -0.2) is 4.98 Å². The molecule has 0 radical (unpaired) electrons. The van der Waals surface area contributed by atoms with Gasteiger partial charge < -0.3 is 15.6 Å². The van der Waals surface area contributed by atoms with Gasteiger partial charge in [-0.3, -0.25) is 4.79 Å². The highest BCUT2D eigenvalue weighted by Gasteiger charge is 2.44. The summed E-state index contributed by atoms with van der Waals surface area (Å²) in [5, 5.41) is 3.78. The van der Waals surface area contributed by atoms with Crippen molar-refractivity contribution in [3.05, 3.63) is 40.7 Å². The largest absolute Gasteiger partial charge is 0.369 e. The fourth-order valence-electron chi connectivity index (χ4n) is 2.96. The Labute approximate surface area is 153 Å². The summed E-state index contributed by atoms with van der Waals surface area (Å²) in [4.78, 5) is 22.0.